The molecule has 0 radical (unpaired) electrons. The second-order valence-corrected chi connectivity index (χ2v) is 7.64. The highest BCUT2D eigenvalue weighted by molar-refractivity contribution is 5.99. The standard InChI is InChI=1S/C23H25FN2O3/c24-20-7-2-1-5-16(20)8-11-22(27)25-17-9-10-21-19(15-17)23(28)26-13-4-3-6-18(26)12-14-29-21/h1-2,5,7,9-10,15,18H,3-4,6,8,11-14H2,(H,25,27)/t18-/m1/s1. The largest absolute Gasteiger partial charge is 0.493 e. The summed E-state index contributed by atoms with van der Waals surface area (Å²) in [5.41, 5.74) is 1.55. The van der Waals surface area contributed by atoms with Gasteiger partial charge in [-0.3, -0.25) is 9.59 Å². The number of anilines is 1. The molecule has 5 nitrogen and oxygen atoms in total. The number of carbonyl (C=O) groups is 2. The lowest BCUT2D eigenvalue weighted by Crippen LogP contribution is -2.45. The van der Waals surface area contributed by atoms with Gasteiger partial charge < -0.3 is 15.0 Å². The normalized spacial score (nSPS) is 18.7. The van der Waals surface area contributed by atoms with E-state index in [9.17, 15) is 14.0 Å². The Balaban J connectivity index is 1.46. The maximum absolute atomic E-state index is 13.7. The summed E-state index contributed by atoms with van der Waals surface area (Å²) in [5, 5.41) is 2.82. The van der Waals surface area contributed by atoms with E-state index in [-0.39, 0.29) is 30.1 Å². The van der Waals surface area contributed by atoms with E-state index in [4.69, 9.17) is 4.74 Å². The third-order valence-corrected chi connectivity index (χ3v) is 5.67. The molecule has 2 aromatic rings. The Morgan fingerprint density at radius 1 is 1.17 bits per heavy atom. The Bertz CT molecular complexity index is 915. The van der Waals surface area contributed by atoms with Gasteiger partial charge in [0.2, 0.25) is 5.91 Å². The molecule has 2 aliphatic heterocycles. The van der Waals surface area contributed by atoms with Crippen molar-refractivity contribution in [3.63, 3.8) is 0 Å². The van der Waals surface area contributed by atoms with Crippen LogP contribution in [0.15, 0.2) is 42.5 Å². The van der Waals surface area contributed by atoms with Crippen LogP contribution in [0.5, 0.6) is 5.75 Å². The average Bonchev–Trinajstić information content (AvgIpc) is 2.73. The number of piperidine rings is 1. The predicted octanol–water partition coefficient (Wildman–Crippen LogP) is 4.17. The molecule has 6 heteroatoms. The van der Waals surface area contributed by atoms with Crippen molar-refractivity contribution in [2.45, 2.75) is 44.6 Å². The van der Waals surface area contributed by atoms with Crippen LogP contribution >= 0.6 is 0 Å². The van der Waals surface area contributed by atoms with E-state index >= 15 is 0 Å². The molecule has 2 amide bonds. The number of amides is 2. The minimum absolute atomic E-state index is 0.0353. The fourth-order valence-corrected chi connectivity index (χ4v) is 4.10. The average molecular weight is 396 g/mol. The minimum Gasteiger partial charge on any atom is -0.493 e. The summed E-state index contributed by atoms with van der Waals surface area (Å²) in [6, 6.07) is 11.8. The summed E-state index contributed by atoms with van der Waals surface area (Å²) in [6.07, 6.45) is 4.50. The van der Waals surface area contributed by atoms with Crippen molar-refractivity contribution < 1.29 is 18.7 Å². The van der Waals surface area contributed by atoms with E-state index in [1.54, 1.807) is 36.4 Å². The molecule has 0 unspecified atom stereocenters. The van der Waals surface area contributed by atoms with Gasteiger partial charge in [0.05, 0.1) is 12.2 Å². The lowest BCUT2D eigenvalue weighted by atomic mass is 9.97. The molecular weight excluding hydrogens is 371 g/mol. The lowest BCUT2D eigenvalue weighted by Gasteiger charge is -2.37. The van der Waals surface area contributed by atoms with Crippen LogP contribution in [0.4, 0.5) is 10.1 Å². The number of hydrogen-bond donors (Lipinski definition) is 1. The summed E-state index contributed by atoms with van der Waals surface area (Å²) in [7, 11) is 0. The molecule has 2 heterocycles. The van der Waals surface area contributed by atoms with Gasteiger partial charge in [0.1, 0.15) is 11.6 Å². The van der Waals surface area contributed by atoms with Crippen LogP contribution in [-0.2, 0) is 11.2 Å². The third-order valence-electron chi connectivity index (χ3n) is 5.67. The zero-order valence-corrected chi connectivity index (χ0v) is 16.3. The van der Waals surface area contributed by atoms with Crippen LogP contribution in [0.1, 0.15) is 48.0 Å². The zero-order chi connectivity index (χ0) is 20.2. The molecule has 0 spiro atoms. The molecule has 4 rings (SSSR count). The summed E-state index contributed by atoms with van der Waals surface area (Å²) in [5.74, 6) is -0.00118. The summed E-state index contributed by atoms with van der Waals surface area (Å²) in [6.45, 7) is 1.35. The number of nitrogens with zero attached hydrogens (tertiary/aromatic N) is 1. The summed E-state index contributed by atoms with van der Waals surface area (Å²) >= 11 is 0. The Hall–Kier alpha value is -2.89. The zero-order valence-electron chi connectivity index (χ0n) is 16.3. The highest BCUT2D eigenvalue weighted by Crippen LogP contribution is 2.31. The van der Waals surface area contributed by atoms with Gasteiger partial charge in [-0.1, -0.05) is 18.2 Å². The van der Waals surface area contributed by atoms with Crippen molar-refractivity contribution in [2.24, 2.45) is 0 Å². The number of ether oxygens (including phenoxy) is 1. The molecule has 152 valence electrons. The molecule has 2 aromatic carbocycles. The van der Waals surface area contributed by atoms with E-state index in [1.165, 1.54) is 6.07 Å². The van der Waals surface area contributed by atoms with Crippen molar-refractivity contribution in [3.8, 4) is 5.75 Å². The number of hydrogen-bond acceptors (Lipinski definition) is 3. The van der Waals surface area contributed by atoms with E-state index in [1.807, 2.05) is 4.90 Å². The number of benzene rings is 2. The molecule has 0 saturated carbocycles. The second kappa shape index (κ2) is 8.64. The number of nitrogens with one attached hydrogen (secondary N) is 1. The highest BCUT2D eigenvalue weighted by Gasteiger charge is 2.31. The van der Waals surface area contributed by atoms with Crippen molar-refractivity contribution in [3.05, 3.63) is 59.4 Å². The lowest BCUT2D eigenvalue weighted by molar-refractivity contribution is -0.116. The monoisotopic (exact) mass is 396 g/mol. The fraction of sp³-hybridized carbons (Fsp3) is 0.391. The Kier molecular flexibility index (Phi) is 5.79. The molecule has 2 aliphatic rings. The smallest absolute Gasteiger partial charge is 0.257 e. The van der Waals surface area contributed by atoms with Crippen LogP contribution in [0.25, 0.3) is 0 Å². The highest BCUT2D eigenvalue weighted by atomic mass is 19.1. The Morgan fingerprint density at radius 2 is 2.03 bits per heavy atom. The van der Waals surface area contributed by atoms with Gasteiger partial charge in [-0.2, -0.15) is 0 Å². The van der Waals surface area contributed by atoms with E-state index in [0.717, 1.165) is 32.2 Å². The molecule has 1 atom stereocenters. The molecule has 1 fully saturated rings. The Morgan fingerprint density at radius 3 is 2.90 bits per heavy atom. The molecular formula is C23H25FN2O3. The number of halogens is 1. The molecule has 0 aliphatic carbocycles. The fourth-order valence-electron chi connectivity index (χ4n) is 4.10. The molecule has 0 aromatic heterocycles. The van der Waals surface area contributed by atoms with E-state index in [2.05, 4.69) is 5.32 Å². The third kappa shape index (κ3) is 4.42. The predicted molar refractivity (Wildman–Crippen MR) is 109 cm³/mol. The van der Waals surface area contributed by atoms with Gasteiger partial charge in [-0.15, -0.1) is 0 Å². The van der Waals surface area contributed by atoms with Crippen molar-refractivity contribution in [1.29, 1.82) is 0 Å². The Labute approximate surface area is 169 Å². The number of rotatable bonds is 4. The summed E-state index contributed by atoms with van der Waals surface area (Å²) in [4.78, 5) is 27.4. The van der Waals surface area contributed by atoms with Crippen molar-refractivity contribution in [2.75, 3.05) is 18.5 Å². The van der Waals surface area contributed by atoms with Gasteiger partial charge >= 0.3 is 0 Å². The maximum Gasteiger partial charge on any atom is 0.257 e. The van der Waals surface area contributed by atoms with Crippen molar-refractivity contribution in [1.82, 2.24) is 4.90 Å². The summed E-state index contributed by atoms with van der Waals surface area (Å²) < 4.78 is 19.5. The van der Waals surface area contributed by atoms with Crippen LogP contribution in [0.3, 0.4) is 0 Å². The number of carbonyl (C=O) groups excluding carboxylic acids is 2. The van der Waals surface area contributed by atoms with Crippen LogP contribution in [0.2, 0.25) is 0 Å². The SMILES string of the molecule is O=C(CCc1ccccc1F)Nc1ccc2c(c1)C(=O)N1CCCC[C@@H]1CCO2. The quantitative estimate of drug-likeness (QED) is 0.844. The van der Waals surface area contributed by atoms with Gasteiger partial charge in [0.15, 0.2) is 0 Å². The first-order valence-electron chi connectivity index (χ1n) is 10.2. The van der Waals surface area contributed by atoms with Gasteiger partial charge in [0.25, 0.3) is 5.91 Å². The molecule has 0 bridgehead atoms. The topological polar surface area (TPSA) is 58.6 Å². The second-order valence-electron chi connectivity index (χ2n) is 7.64. The van der Waals surface area contributed by atoms with Crippen LogP contribution in [0, 0.1) is 5.82 Å². The minimum atomic E-state index is -0.305. The van der Waals surface area contributed by atoms with Crippen LogP contribution in [-0.4, -0.2) is 35.9 Å². The van der Waals surface area contributed by atoms with Crippen LogP contribution < -0.4 is 10.1 Å². The van der Waals surface area contributed by atoms with Crippen molar-refractivity contribution >= 4 is 17.5 Å². The molecule has 1 N–H and O–H groups in total. The van der Waals surface area contributed by atoms with E-state index < -0.39 is 0 Å². The first kappa shape index (κ1) is 19.4. The molecule has 29 heavy (non-hydrogen) atoms. The number of fused-ring (bicyclic) bond motifs is 2. The maximum atomic E-state index is 13.7. The van der Waals surface area contributed by atoms with Gasteiger partial charge in [-0.05, 0) is 55.5 Å². The first-order chi connectivity index (χ1) is 14.1. The molecule has 1 saturated heterocycles. The van der Waals surface area contributed by atoms with E-state index in [0.29, 0.717) is 35.6 Å². The van der Waals surface area contributed by atoms with Gasteiger partial charge in [-0.25, -0.2) is 4.39 Å². The number of aryl methyl sites for hydroxylation is 1. The first-order valence-corrected chi connectivity index (χ1v) is 10.2. The van der Waals surface area contributed by atoms with Gasteiger partial charge in [0, 0.05) is 31.1 Å².